The van der Waals surface area contributed by atoms with E-state index in [1.165, 1.54) is 41.5 Å². The number of nitrogens with one attached hydrogen (secondary N) is 2. The number of anilines is 2. The Balaban J connectivity index is 1.49. The van der Waals surface area contributed by atoms with Gasteiger partial charge >= 0.3 is 5.97 Å². The predicted molar refractivity (Wildman–Crippen MR) is 138 cm³/mol. The summed E-state index contributed by atoms with van der Waals surface area (Å²) in [5.74, 6) is -0.303. The first-order valence-electron chi connectivity index (χ1n) is 12.1. The third-order valence-corrected chi connectivity index (χ3v) is 8.85. The van der Waals surface area contributed by atoms with Crippen molar-refractivity contribution in [3.63, 3.8) is 0 Å². The van der Waals surface area contributed by atoms with E-state index >= 15 is 0 Å². The molecule has 1 unspecified atom stereocenters. The van der Waals surface area contributed by atoms with E-state index in [0.29, 0.717) is 17.0 Å². The van der Waals surface area contributed by atoms with Gasteiger partial charge in [0, 0.05) is 21.4 Å². The van der Waals surface area contributed by atoms with Crippen molar-refractivity contribution >= 4 is 51.6 Å². The Morgan fingerprint density at radius 1 is 1.12 bits per heavy atom. The second-order valence-corrected chi connectivity index (χ2v) is 11.3. The summed E-state index contributed by atoms with van der Waals surface area (Å²) in [5.41, 5.74) is 2.33. The molecule has 4 rings (SSSR count). The minimum Gasteiger partial charge on any atom is -0.465 e. The van der Waals surface area contributed by atoms with Gasteiger partial charge in [0.15, 0.2) is 0 Å². The Kier molecular flexibility index (Phi) is 8.32. The van der Waals surface area contributed by atoms with E-state index in [-0.39, 0.29) is 29.0 Å². The summed E-state index contributed by atoms with van der Waals surface area (Å²) in [6, 6.07) is 7.63. The zero-order chi connectivity index (χ0) is 24.1. The number of carbonyl (C=O) groups excluding carboxylic acids is 3. The van der Waals surface area contributed by atoms with E-state index in [2.05, 4.69) is 10.6 Å². The number of hydrogen-bond donors (Lipinski definition) is 2. The highest BCUT2D eigenvalue weighted by atomic mass is 32.2. The summed E-state index contributed by atoms with van der Waals surface area (Å²) in [5, 5.41) is 6.30. The molecule has 0 radical (unpaired) electrons. The van der Waals surface area contributed by atoms with Crippen LogP contribution in [0.2, 0.25) is 0 Å². The number of thioether (sulfide) groups is 1. The predicted octanol–water partition coefficient (Wildman–Crippen LogP) is 6.05. The van der Waals surface area contributed by atoms with E-state index in [9.17, 15) is 14.4 Å². The van der Waals surface area contributed by atoms with Crippen LogP contribution in [0.25, 0.3) is 0 Å². The summed E-state index contributed by atoms with van der Waals surface area (Å²) in [4.78, 5) is 40.1. The molecule has 1 fully saturated rings. The minimum absolute atomic E-state index is 0.0653. The molecule has 2 aliphatic rings. The largest absolute Gasteiger partial charge is 0.465 e. The maximum atomic E-state index is 13.3. The Morgan fingerprint density at radius 3 is 2.59 bits per heavy atom. The molecule has 34 heavy (non-hydrogen) atoms. The number of amides is 2. The average molecular weight is 501 g/mol. The molecular formula is C26H32N2O4S2. The van der Waals surface area contributed by atoms with Gasteiger partial charge in [-0.3, -0.25) is 9.59 Å². The minimum atomic E-state index is -0.381. The fourth-order valence-electron chi connectivity index (χ4n) is 4.24. The lowest BCUT2D eigenvalue weighted by Crippen LogP contribution is -2.25. The number of rotatable bonds is 8. The van der Waals surface area contributed by atoms with E-state index in [1.807, 2.05) is 31.2 Å². The van der Waals surface area contributed by atoms with Gasteiger partial charge in [-0.25, -0.2) is 4.79 Å². The standard InChI is InChI=1S/C26H32N2O4S2/c1-3-20(33-18-10-8-9-17(15-18)27-23(29)16-13-14-16)24(30)28-25-22(26(31)32-2)19-11-6-4-5-7-12-21(19)34-25/h8-10,15-16,20H,3-7,11-14H2,1-2H3,(H,27,29)(H,28,30). The normalized spacial score (nSPS) is 16.5. The van der Waals surface area contributed by atoms with Crippen molar-refractivity contribution in [1.29, 1.82) is 0 Å². The first kappa shape index (κ1) is 24.8. The molecule has 8 heteroatoms. The van der Waals surface area contributed by atoms with Gasteiger partial charge in [0.2, 0.25) is 11.8 Å². The van der Waals surface area contributed by atoms with Crippen LogP contribution in [0.1, 0.15) is 72.7 Å². The maximum absolute atomic E-state index is 13.3. The Bertz CT molecular complexity index is 1060. The van der Waals surface area contributed by atoms with Gasteiger partial charge in [-0.05, 0) is 68.7 Å². The number of carbonyl (C=O) groups is 3. The molecule has 1 heterocycles. The monoisotopic (exact) mass is 500 g/mol. The quantitative estimate of drug-likeness (QED) is 0.340. The molecule has 2 amide bonds. The summed E-state index contributed by atoms with van der Waals surface area (Å²) in [6.45, 7) is 1.98. The Labute approximate surface area is 209 Å². The number of aryl methyl sites for hydroxylation is 1. The third-order valence-electron chi connectivity index (χ3n) is 6.29. The fraction of sp³-hybridized carbons (Fsp3) is 0.500. The van der Waals surface area contributed by atoms with Crippen LogP contribution >= 0.6 is 23.1 Å². The second kappa shape index (κ2) is 11.4. The number of methoxy groups -OCH3 is 1. The van der Waals surface area contributed by atoms with Crippen LogP contribution in [0.5, 0.6) is 0 Å². The molecule has 182 valence electrons. The van der Waals surface area contributed by atoms with Gasteiger partial charge in [-0.15, -0.1) is 23.1 Å². The third kappa shape index (κ3) is 6.02. The topological polar surface area (TPSA) is 84.5 Å². The van der Waals surface area contributed by atoms with Crippen molar-refractivity contribution in [1.82, 2.24) is 0 Å². The van der Waals surface area contributed by atoms with Crippen LogP contribution in [0.4, 0.5) is 10.7 Å². The highest BCUT2D eigenvalue weighted by Crippen LogP contribution is 2.38. The van der Waals surface area contributed by atoms with Gasteiger partial charge < -0.3 is 15.4 Å². The molecule has 1 saturated carbocycles. The fourth-order valence-corrected chi connectivity index (χ4v) is 6.54. The molecule has 0 aliphatic heterocycles. The summed E-state index contributed by atoms with van der Waals surface area (Å²) in [6.07, 6.45) is 8.82. The lowest BCUT2D eigenvalue weighted by Gasteiger charge is -2.16. The SMILES string of the molecule is CCC(Sc1cccc(NC(=O)C2CC2)c1)C(=O)Nc1sc2c(c1C(=O)OC)CCCCCC2. The van der Waals surface area contributed by atoms with Crippen LogP contribution in [0.15, 0.2) is 29.2 Å². The molecule has 2 aromatic rings. The molecule has 1 aromatic heterocycles. The number of thiophene rings is 1. The summed E-state index contributed by atoms with van der Waals surface area (Å²) < 4.78 is 5.08. The lowest BCUT2D eigenvalue weighted by atomic mass is 9.96. The lowest BCUT2D eigenvalue weighted by molar-refractivity contribution is -0.117. The van der Waals surface area contributed by atoms with E-state index < -0.39 is 0 Å². The molecule has 0 saturated heterocycles. The van der Waals surface area contributed by atoms with Gasteiger partial charge in [-0.2, -0.15) is 0 Å². The second-order valence-electron chi connectivity index (χ2n) is 8.91. The zero-order valence-corrected chi connectivity index (χ0v) is 21.4. The number of hydrogen-bond acceptors (Lipinski definition) is 6. The summed E-state index contributed by atoms with van der Waals surface area (Å²) in [7, 11) is 1.39. The van der Waals surface area contributed by atoms with Gasteiger partial charge in [0.1, 0.15) is 5.00 Å². The number of esters is 1. The van der Waals surface area contributed by atoms with Crippen LogP contribution in [-0.2, 0) is 27.2 Å². The first-order chi connectivity index (χ1) is 16.5. The van der Waals surface area contributed by atoms with Crippen molar-refractivity contribution in [2.45, 2.75) is 74.9 Å². The highest BCUT2D eigenvalue weighted by molar-refractivity contribution is 8.00. The van der Waals surface area contributed by atoms with E-state index in [1.54, 1.807) is 0 Å². The van der Waals surface area contributed by atoms with E-state index in [4.69, 9.17) is 4.74 Å². The Hall–Kier alpha value is -2.32. The average Bonchev–Trinajstić information content (AvgIpc) is 3.62. The van der Waals surface area contributed by atoms with Crippen LogP contribution in [0, 0.1) is 5.92 Å². The number of fused-ring (bicyclic) bond motifs is 1. The van der Waals surface area contributed by atoms with Crippen molar-refractivity contribution in [3.05, 3.63) is 40.3 Å². The molecule has 2 N–H and O–H groups in total. The molecule has 2 aliphatic carbocycles. The first-order valence-corrected chi connectivity index (χ1v) is 13.8. The molecule has 0 spiro atoms. The number of ether oxygens (including phenoxy) is 1. The van der Waals surface area contributed by atoms with Gasteiger partial charge in [0.25, 0.3) is 0 Å². The zero-order valence-electron chi connectivity index (χ0n) is 19.8. The summed E-state index contributed by atoms with van der Waals surface area (Å²) >= 11 is 2.99. The maximum Gasteiger partial charge on any atom is 0.341 e. The van der Waals surface area contributed by atoms with Crippen molar-refractivity contribution in [2.24, 2.45) is 5.92 Å². The highest BCUT2D eigenvalue weighted by Gasteiger charge is 2.30. The van der Waals surface area contributed by atoms with Crippen LogP contribution in [-0.4, -0.2) is 30.1 Å². The molecular weight excluding hydrogens is 468 g/mol. The molecule has 1 aromatic carbocycles. The molecule has 6 nitrogen and oxygen atoms in total. The van der Waals surface area contributed by atoms with E-state index in [0.717, 1.165) is 61.1 Å². The van der Waals surface area contributed by atoms with Gasteiger partial charge in [0.05, 0.1) is 17.9 Å². The van der Waals surface area contributed by atoms with Crippen LogP contribution in [0.3, 0.4) is 0 Å². The van der Waals surface area contributed by atoms with Crippen molar-refractivity contribution in [2.75, 3.05) is 17.7 Å². The van der Waals surface area contributed by atoms with Crippen molar-refractivity contribution < 1.29 is 19.1 Å². The van der Waals surface area contributed by atoms with Gasteiger partial charge in [-0.1, -0.05) is 25.8 Å². The smallest absolute Gasteiger partial charge is 0.341 e. The Morgan fingerprint density at radius 2 is 1.88 bits per heavy atom. The molecule has 0 bridgehead atoms. The number of benzene rings is 1. The van der Waals surface area contributed by atoms with Crippen LogP contribution < -0.4 is 10.6 Å². The molecule has 1 atom stereocenters. The van der Waals surface area contributed by atoms with Crippen molar-refractivity contribution in [3.8, 4) is 0 Å².